The van der Waals surface area contributed by atoms with Gasteiger partial charge in [-0.25, -0.2) is 14.0 Å². The molecule has 0 radical (unpaired) electrons. The molecule has 1 aliphatic heterocycles. The molecular weight excluding hydrogens is 344 g/mol. The largest absolute Gasteiger partial charge is 0.351 e. The van der Waals surface area contributed by atoms with E-state index >= 15 is 0 Å². The van der Waals surface area contributed by atoms with Crippen molar-refractivity contribution in [3.63, 3.8) is 0 Å². The van der Waals surface area contributed by atoms with Gasteiger partial charge in [0.2, 0.25) is 5.89 Å². The first kappa shape index (κ1) is 17.7. The molecule has 3 heterocycles. The normalized spacial score (nSPS) is 17.5. The second-order valence-corrected chi connectivity index (χ2v) is 7.21. The third kappa shape index (κ3) is 3.57. The third-order valence-electron chi connectivity index (χ3n) is 4.83. The van der Waals surface area contributed by atoms with Crippen LogP contribution in [0.15, 0.2) is 39.6 Å². The number of hydrogen-bond donors (Lipinski definition) is 1. The van der Waals surface area contributed by atoms with E-state index in [1.807, 2.05) is 44.2 Å². The molecule has 1 aromatic carbocycles. The zero-order valence-electron chi connectivity index (χ0n) is 15.6. The maximum atomic E-state index is 13.1. The lowest BCUT2D eigenvalue weighted by atomic mass is 9.99. The molecule has 1 fully saturated rings. The lowest BCUT2D eigenvalue weighted by Crippen LogP contribution is -2.31. The fraction of sp³-hybridized carbons (Fsp3) is 0.474. The Morgan fingerprint density at radius 3 is 2.78 bits per heavy atom. The van der Waals surface area contributed by atoms with Crippen molar-refractivity contribution in [3.8, 4) is 5.69 Å². The summed E-state index contributed by atoms with van der Waals surface area (Å²) in [6, 6.07) is 9.64. The molecule has 1 atom stereocenters. The van der Waals surface area contributed by atoms with Gasteiger partial charge in [0.15, 0.2) is 5.82 Å². The van der Waals surface area contributed by atoms with Crippen LogP contribution >= 0.6 is 0 Å². The number of hydrogen-bond acceptors (Lipinski definition) is 6. The number of nitrogens with zero attached hydrogens (tertiary/aromatic N) is 5. The van der Waals surface area contributed by atoms with Crippen molar-refractivity contribution >= 4 is 0 Å². The Balaban J connectivity index is 1.73. The second-order valence-electron chi connectivity index (χ2n) is 7.21. The van der Waals surface area contributed by atoms with E-state index in [2.05, 4.69) is 20.6 Å². The van der Waals surface area contributed by atoms with Crippen LogP contribution in [0.25, 0.3) is 5.69 Å². The molecule has 1 saturated heterocycles. The van der Waals surface area contributed by atoms with E-state index in [-0.39, 0.29) is 24.1 Å². The van der Waals surface area contributed by atoms with E-state index in [1.54, 1.807) is 4.57 Å². The predicted molar refractivity (Wildman–Crippen MR) is 100 cm³/mol. The molecule has 3 aromatic rings. The molecular formula is C19H24N6O2. The topological polar surface area (TPSA) is 90.8 Å². The quantitative estimate of drug-likeness (QED) is 0.741. The summed E-state index contributed by atoms with van der Waals surface area (Å²) in [5, 5.41) is 12.0. The number of nitrogens with one attached hydrogen (secondary N) is 1. The van der Waals surface area contributed by atoms with Gasteiger partial charge in [-0.3, -0.25) is 0 Å². The van der Waals surface area contributed by atoms with Crippen molar-refractivity contribution in [3.05, 3.63) is 58.4 Å². The van der Waals surface area contributed by atoms with Gasteiger partial charge >= 0.3 is 5.69 Å². The van der Waals surface area contributed by atoms with Crippen molar-refractivity contribution in [1.29, 1.82) is 0 Å². The predicted octanol–water partition coefficient (Wildman–Crippen LogP) is 2.06. The van der Waals surface area contributed by atoms with E-state index in [4.69, 9.17) is 4.52 Å². The minimum atomic E-state index is -0.189. The lowest BCUT2D eigenvalue weighted by Gasteiger charge is -2.22. The van der Waals surface area contributed by atoms with Crippen LogP contribution in [-0.4, -0.2) is 37.6 Å². The summed E-state index contributed by atoms with van der Waals surface area (Å²) in [5.74, 6) is 2.18. The van der Waals surface area contributed by atoms with Gasteiger partial charge in [0.05, 0.1) is 5.69 Å². The highest BCUT2D eigenvalue weighted by Crippen LogP contribution is 2.23. The average Bonchev–Trinajstić information content (AvgIpc) is 3.29. The van der Waals surface area contributed by atoms with E-state index in [0.717, 1.165) is 37.4 Å². The standard InChI is InChI=1S/C19H24N6O2/c1-13(2)17-21-16(27-23-17)12-24-19(26)25(15-8-4-3-5-9-15)18(22-24)14-7-6-10-20-11-14/h3-5,8-9,13-14,20H,6-7,10-12H2,1-2H3/t14-/m1/s1. The van der Waals surface area contributed by atoms with Crippen LogP contribution in [0.5, 0.6) is 0 Å². The third-order valence-corrected chi connectivity index (χ3v) is 4.83. The molecule has 8 heteroatoms. The fourth-order valence-corrected chi connectivity index (χ4v) is 3.38. The second kappa shape index (κ2) is 7.48. The summed E-state index contributed by atoms with van der Waals surface area (Å²) < 4.78 is 8.43. The van der Waals surface area contributed by atoms with Crippen LogP contribution in [0.3, 0.4) is 0 Å². The van der Waals surface area contributed by atoms with Gasteiger partial charge in [-0.15, -0.1) is 0 Å². The summed E-state index contributed by atoms with van der Waals surface area (Å²) in [4.78, 5) is 17.5. The van der Waals surface area contributed by atoms with Gasteiger partial charge < -0.3 is 9.84 Å². The van der Waals surface area contributed by atoms with Crippen LogP contribution in [0, 0.1) is 0 Å². The highest BCUT2D eigenvalue weighted by atomic mass is 16.5. The van der Waals surface area contributed by atoms with Crippen LogP contribution in [0.2, 0.25) is 0 Å². The molecule has 0 bridgehead atoms. The monoisotopic (exact) mass is 368 g/mol. The Labute approximate surface area is 157 Å². The number of benzene rings is 1. The Morgan fingerprint density at radius 1 is 1.30 bits per heavy atom. The Hall–Kier alpha value is -2.74. The van der Waals surface area contributed by atoms with Gasteiger partial charge in [-0.2, -0.15) is 10.1 Å². The van der Waals surface area contributed by atoms with E-state index in [9.17, 15) is 4.79 Å². The zero-order chi connectivity index (χ0) is 18.8. The Bertz CT molecular complexity index is 950. The molecule has 1 aliphatic rings. The molecule has 0 saturated carbocycles. The molecule has 1 N–H and O–H groups in total. The highest BCUT2D eigenvalue weighted by molar-refractivity contribution is 5.33. The number of aromatic nitrogens is 5. The van der Waals surface area contributed by atoms with Crippen LogP contribution < -0.4 is 11.0 Å². The van der Waals surface area contributed by atoms with Crippen molar-refractivity contribution in [2.45, 2.75) is 45.1 Å². The Kier molecular flexibility index (Phi) is 4.89. The first-order valence-electron chi connectivity index (χ1n) is 9.42. The molecule has 0 unspecified atom stereocenters. The molecule has 2 aromatic heterocycles. The van der Waals surface area contributed by atoms with Crippen LogP contribution in [0.1, 0.15) is 56.1 Å². The number of rotatable bonds is 5. The molecule has 0 aliphatic carbocycles. The smallest absolute Gasteiger partial charge is 0.337 e. The zero-order valence-corrected chi connectivity index (χ0v) is 15.6. The molecule has 0 spiro atoms. The SMILES string of the molecule is CC(C)c1noc(Cn2nc([C@@H]3CCCNC3)n(-c3ccccc3)c2=O)n1. The van der Waals surface area contributed by atoms with Crippen LogP contribution in [-0.2, 0) is 6.54 Å². The minimum absolute atomic E-state index is 0.171. The van der Waals surface area contributed by atoms with E-state index in [1.165, 1.54) is 4.68 Å². The molecule has 8 nitrogen and oxygen atoms in total. The molecule has 0 amide bonds. The minimum Gasteiger partial charge on any atom is -0.337 e. The average molecular weight is 368 g/mol. The van der Waals surface area contributed by atoms with Gasteiger partial charge in [0, 0.05) is 18.4 Å². The van der Waals surface area contributed by atoms with Crippen molar-refractivity contribution in [1.82, 2.24) is 29.8 Å². The van der Waals surface area contributed by atoms with Crippen molar-refractivity contribution in [2.75, 3.05) is 13.1 Å². The molecule has 27 heavy (non-hydrogen) atoms. The summed E-state index contributed by atoms with van der Waals surface area (Å²) in [5.41, 5.74) is 0.633. The van der Waals surface area contributed by atoms with Crippen LogP contribution in [0.4, 0.5) is 0 Å². The lowest BCUT2D eigenvalue weighted by molar-refractivity contribution is 0.357. The van der Waals surface area contributed by atoms with Gasteiger partial charge in [0.1, 0.15) is 12.4 Å². The highest BCUT2D eigenvalue weighted by Gasteiger charge is 2.25. The van der Waals surface area contributed by atoms with Gasteiger partial charge in [0.25, 0.3) is 0 Å². The molecule has 4 rings (SSSR count). The van der Waals surface area contributed by atoms with Gasteiger partial charge in [-0.05, 0) is 31.5 Å². The first-order chi connectivity index (χ1) is 13.1. The molecule has 142 valence electrons. The number of piperidine rings is 1. The summed E-state index contributed by atoms with van der Waals surface area (Å²) in [7, 11) is 0. The number of para-hydroxylation sites is 1. The first-order valence-corrected chi connectivity index (χ1v) is 9.42. The van der Waals surface area contributed by atoms with Gasteiger partial charge in [-0.1, -0.05) is 37.2 Å². The maximum Gasteiger partial charge on any atom is 0.351 e. The summed E-state index contributed by atoms with van der Waals surface area (Å²) >= 11 is 0. The fourth-order valence-electron chi connectivity index (χ4n) is 3.38. The summed E-state index contributed by atoms with van der Waals surface area (Å²) in [6.45, 7) is 6.00. The van der Waals surface area contributed by atoms with Crippen molar-refractivity contribution in [2.24, 2.45) is 0 Å². The van der Waals surface area contributed by atoms with Crippen molar-refractivity contribution < 1.29 is 4.52 Å². The maximum absolute atomic E-state index is 13.1. The van der Waals surface area contributed by atoms with E-state index in [0.29, 0.717) is 11.7 Å². The van der Waals surface area contributed by atoms with E-state index < -0.39 is 0 Å². The Morgan fingerprint density at radius 2 is 2.11 bits per heavy atom. The summed E-state index contributed by atoms with van der Waals surface area (Å²) in [6.07, 6.45) is 2.08.